The predicted octanol–water partition coefficient (Wildman–Crippen LogP) is 4.27. The van der Waals surface area contributed by atoms with E-state index < -0.39 is 115 Å². The number of carboxylic acid groups (broad SMARTS) is 1. The largest absolute Gasteiger partial charge is 0.479 e. The van der Waals surface area contributed by atoms with Gasteiger partial charge in [0.05, 0.1) is 41.1 Å². The third-order valence-electron chi connectivity index (χ3n) is 15.3. The van der Waals surface area contributed by atoms with Crippen molar-refractivity contribution in [1.29, 1.82) is 0 Å². The Labute approximate surface area is 434 Å². The molecule has 4 aliphatic rings. The van der Waals surface area contributed by atoms with Gasteiger partial charge in [-0.15, -0.1) is 5.10 Å². The Bertz CT molecular complexity index is 2520. The molecule has 22 nitrogen and oxygen atoms in total. The molecule has 2 aliphatic carbocycles. The zero-order valence-electron chi connectivity index (χ0n) is 42.3. The standard InChI is InChI=1S/C53H71N5O17/c1-30-24-35(39(60)17-11-16-36-28-57(55-54-36)22-10-9-21-56-23-20-34-26-37(58(68)69)18-19-38(34)56)27-40(47(30)75-52-46(64)45(63)43(61)31(2)70-52)72-53-49(74-51(67)33-14-7-4-8-15-33)48(44(62)42(29-59)73-53)71-41(50(65)66)25-32-12-5-3-6-13-32/h4,7-8,14-15,18-20,23,26,28,30-32,35,40-49,52-53,59,61-64H,3,5-6,9-13,16-17,21-22,24-25,27,29H2,1-2H3,(H,65,66)/t30?,31?,35?,40-,41+,42+,43-,44+,45+,46?,47-,48?,49?,52+,53-/m1/s1. The highest BCUT2D eigenvalue weighted by Crippen LogP contribution is 2.40. The van der Waals surface area contributed by atoms with Crippen LogP contribution in [-0.4, -0.2) is 159 Å². The maximum atomic E-state index is 14.2. The van der Waals surface area contributed by atoms with Crippen molar-refractivity contribution in [2.75, 3.05) is 6.61 Å². The number of aromatic nitrogens is 4. The van der Waals surface area contributed by atoms with Crippen molar-refractivity contribution in [3.63, 3.8) is 0 Å². The number of aliphatic carboxylic acids is 1. The zero-order chi connectivity index (χ0) is 53.3. The topological polar surface area (TPSA) is 307 Å². The minimum atomic E-state index is -1.70. The van der Waals surface area contributed by atoms with Crippen LogP contribution in [0.3, 0.4) is 0 Å². The number of fused-ring (bicyclic) bond motifs is 1. The third kappa shape index (κ3) is 13.8. The van der Waals surface area contributed by atoms with Crippen LogP contribution in [0.4, 0.5) is 5.69 Å². The maximum Gasteiger partial charge on any atom is 0.338 e. The molecule has 0 spiro atoms. The number of aliphatic hydroxyl groups excluding tert-OH is 5. The molecule has 6 unspecified atom stereocenters. The predicted molar refractivity (Wildman–Crippen MR) is 265 cm³/mol. The van der Waals surface area contributed by atoms with Gasteiger partial charge in [0.15, 0.2) is 24.8 Å². The molecule has 0 radical (unpaired) electrons. The molecule has 6 N–H and O–H groups in total. The Morgan fingerprint density at radius 2 is 1.61 bits per heavy atom. The SMILES string of the molecule is CC1O[C@@H](O[C@@H]2C(C)CC(C(=O)CCCc3cn(CCCCn4ccc5cc([N+](=O)[O-])ccc54)nn3)C[C@H]2O[C@@H]2O[C@@H](CO)[C@H](O)C(O[C@@H](CC3CCCCC3)C(=O)O)C2OC(=O)c2ccccc2)C(O)[C@@H](O)[C@@H]1O. The molecule has 0 bridgehead atoms. The monoisotopic (exact) mass is 1050 g/mol. The van der Waals surface area contributed by atoms with Gasteiger partial charge in [0.25, 0.3) is 5.69 Å². The van der Waals surface area contributed by atoms with Crippen LogP contribution < -0.4 is 0 Å². The molecular weight excluding hydrogens is 979 g/mol. The van der Waals surface area contributed by atoms with Gasteiger partial charge in [-0.1, -0.05) is 62.4 Å². The van der Waals surface area contributed by atoms with Gasteiger partial charge in [-0.25, -0.2) is 9.59 Å². The number of Topliss-reactive ketones (excluding diaryl/α,β-unsaturated/α-hetero) is 1. The number of benzene rings is 2. The minimum absolute atomic E-state index is 0.0167. The van der Waals surface area contributed by atoms with E-state index in [-0.39, 0.29) is 42.2 Å². The number of carbonyl (C=O) groups is 3. The average Bonchev–Trinajstić information content (AvgIpc) is 4.05. The zero-order valence-corrected chi connectivity index (χ0v) is 42.3. The molecule has 2 saturated carbocycles. The lowest BCUT2D eigenvalue weighted by atomic mass is 9.75. The molecule has 4 aromatic rings. The number of non-ortho nitro benzene ring substituents is 1. The Balaban J connectivity index is 0.963. The summed E-state index contributed by atoms with van der Waals surface area (Å²) in [5.74, 6) is -3.29. The molecule has 2 aromatic heterocycles. The number of unbranched alkanes of at least 4 members (excludes halogenated alkanes) is 1. The van der Waals surface area contributed by atoms with E-state index in [2.05, 4.69) is 14.9 Å². The molecule has 4 fully saturated rings. The molecule has 2 aliphatic heterocycles. The van der Waals surface area contributed by atoms with Gasteiger partial charge in [-0.3, -0.25) is 19.6 Å². The molecule has 410 valence electrons. The minimum Gasteiger partial charge on any atom is -0.479 e. The van der Waals surface area contributed by atoms with Gasteiger partial charge in [0, 0.05) is 60.9 Å². The van der Waals surface area contributed by atoms with E-state index in [0.29, 0.717) is 31.5 Å². The summed E-state index contributed by atoms with van der Waals surface area (Å²) in [5, 5.41) is 85.6. The summed E-state index contributed by atoms with van der Waals surface area (Å²) in [5.41, 5.74) is 1.81. The number of hydrogen-bond donors (Lipinski definition) is 6. The number of aryl methyl sites for hydroxylation is 3. The number of esters is 1. The van der Waals surface area contributed by atoms with Crippen molar-refractivity contribution < 1.29 is 78.4 Å². The lowest BCUT2D eigenvalue weighted by Gasteiger charge is -2.48. The maximum absolute atomic E-state index is 14.2. The lowest BCUT2D eigenvalue weighted by molar-refractivity contribution is -0.384. The number of aliphatic hydroxyl groups is 5. The molecule has 8 rings (SSSR count). The summed E-state index contributed by atoms with van der Waals surface area (Å²) in [4.78, 5) is 51.7. The second-order valence-electron chi connectivity index (χ2n) is 20.7. The van der Waals surface area contributed by atoms with Crippen molar-refractivity contribution in [2.45, 2.75) is 190 Å². The van der Waals surface area contributed by atoms with Crippen LogP contribution in [0.15, 0.2) is 67.0 Å². The van der Waals surface area contributed by atoms with Crippen LogP contribution in [0, 0.1) is 27.9 Å². The first-order valence-electron chi connectivity index (χ1n) is 26.3. The molecular formula is C53H71N5O17. The van der Waals surface area contributed by atoms with E-state index in [4.69, 9.17) is 28.4 Å². The highest BCUT2D eigenvalue weighted by molar-refractivity contribution is 5.89. The fraction of sp³-hybridized carbons (Fsp3) is 0.642. The van der Waals surface area contributed by atoms with Crippen LogP contribution in [0.25, 0.3) is 10.9 Å². The number of nitrogens with zero attached hydrogens (tertiary/aromatic N) is 5. The van der Waals surface area contributed by atoms with Gasteiger partial charge in [0.2, 0.25) is 0 Å². The van der Waals surface area contributed by atoms with E-state index in [9.17, 15) is 55.1 Å². The first kappa shape index (κ1) is 55.9. The number of ketones is 1. The Morgan fingerprint density at radius 3 is 2.35 bits per heavy atom. The van der Waals surface area contributed by atoms with E-state index in [1.165, 1.54) is 25.1 Å². The number of hydrogen-bond acceptors (Lipinski definition) is 18. The summed E-state index contributed by atoms with van der Waals surface area (Å²) in [6.45, 7) is 3.90. The first-order valence-corrected chi connectivity index (χ1v) is 26.3. The van der Waals surface area contributed by atoms with Crippen LogP contribution >= 0.6 is 0 Å². The second kappa shape index (κ2) is 25.7. The number of ether oxygens (including phenoxy) is 6. The number of nitro groups is 1. The van der Waals surface area contributed by atoms with Crippen molar-refractivity contribution in [2.24, 2.45) is 17.8 Å². The van der Waals surface area contributed by atoms with E-state index >= 15 is 0 Å². The smallest absolute Gasteiger partial charge is 0.338 e. The van der Waals surface area contributed by atoms with Crippen molar-refractivity contribution >= 4 is 34.3 Å². The molecule has 0 amide bonds. The summed E-state index contributed by atoms with van der Waals surface area (Å²) in [7, 11) is 0. The Morgan fingerprint density at radius 1 is 0.853 bits per heavy atom. The highest BCUT2D eigenvalue weighted by Gasteiger charge is 2.54. The van der Waals surface area contributed by atoms with Crippen molar-refractivity contribution in [1.82, 2.24) is 19.6 Å². The summed E-state index contributed by atoms with van der Waals surface area (Å²) in [6, 6.07) is 14.7. The number of carbonyl (C=O) groups excluding carboxylic acids is 2. The quantitative estimate of drug-likeness (QED) is 0.0261. The summed E-state index contributed by atoms with van der Waals surface area (Å²) in [6.07, 6.45) is -7.16. The summed E-state index contributed by atoms with van der Waals surface area (Å²) < 4.78 is 41.4. The molecule has 15 atom stereocenters. The van der Waals surface area contributed by atoms with E-state index in [1.54, 1.807) is 35.0 Å². The van der Waals surface area contributed by atoms with Gasteiger partial charge in [0.1, 0.15) is 42.4 Å². The van der Waals surface area contributed by atoms with Crippen LogP contribution in [0.5, 0.6) is 0 Å². The molecule has 2 saturated heterocycles. The van der Waals surface area contributed by atoms with Gasteiger partial charge >= 0.3 is 11.9 Å². The first-order chi connectivity index (χ1) is 36.1. The molecule has 2 aromatic carbocycles. The Kier molecular flexibility index (Phi) is 19.2. The van der Waals surface area contributed by atoms with Gasteiger partial charge in [-0.2, -0.15) is 0 Å². The average molecular weight is 1050 g/mol. The number of carboxylic acids is 1. The number of nitro benzene ring substituents is 1. The highest BCUT2D eigenvalue weighted by atomic mass is 16.7. The number of rotatable bonds is 23. The van der Waals surface area contributed by atoms with Crippen LogP contribution in [-0.2, 0) is 57.5 Å². The van der Waals surface area contributed by atoms with Gasteiger partial charge in [-0.05, 0) is 88.0 Å². The van der Waals surface area contributed by atoms with E-state index in [1.807, 2.05) is 25.4 Å². The molecule has 22 heteroatoms. The molecule has 75 heavy (non-hydrogen) atoms. The fourth-order valence-corrected chi connectivity index (χ4v) is 11.1. The van der Waals surface area contributed by atoms with Crippen LogP contribution in [0.1, 0.15) is 107 Å². The second-order valence-corrected chi connectivity index (χ2v) is 20.7. The normalized spacial score (nSPS) is 31.0. The lowest BCUT2D eigenvalue weighted by Crippen LogP contribution is -2.64. The van der Waals surface area contributed by atoms with Crippen molar-refractivity contribution in [3.05, 3.63) is 88.4 Å². The van der Waals surface area contributed by atoms with Gasteiger partial charge < -0.3 is 63.6 Å². The fourth-order valence-electron chi connectivity index (χ4n) is 11.1. The Hall–Kier alpha value is -5.27. The van der Waals surface area contributed by atoms with Crippen molar-refractivity contribution in [3.8, 4) is 0 Å². The molecule has 4 heterocycles. The van der Waals surface area contributed by atoms with E-state index in [0.717, 1.165) is 62.4 Å². The summed E-state index contributed by atoms with van der Waals surface area (Å²) >= 11 is 0. The van der Waals surface area contributed by atoms with Crippen LogP contribution in [0.2, 0.25) is 0 Å². The third-order valence-corrected chi connectivity index (χ3v) is 15.3.